The Morgan fingerprint density at radius 2 is 2.00 bits per heavy atom. The van der Waals surface area contributed by atoms with Crippen LogP contribution in [0.1, 0.15) is 26.7 Å². The highest BCUT2D eigenvalue weighted by atomic mass is 16.5. The molecule has 0 radical (unpaired) electrons. The second kappa shape index (κ2) is 8.96. The largest absolute Gasteiger partial charge is 0.465 e. The number of primary amides is 1. The molecule has 1 unspecified atom stereocenters. The zero-order valence-electron chi connectivity index (χ0n) is 9.82. The molecule has 3 N–H and O–H groups in total. The first-order valence-corrected chi connectivity index (χ1v) is 5.44. The van der Waals surface area contributed by atoms with E-state index in [1.54, 1.807) is 6.92 Å². The highest BCUT2D eigenvalue weighted by Gasteiger charge is 2.17. The van der Waals surface area contributed by atoms with Crippen molar-refractivity contribution in [2.24, 2.45) is 5.73 Å². The fourth-order valence-electron chi connectivity index (χ4n) is 1.22. The van der Waals surface area contributed by atoms with Crippen LogP contribution in [0.5, 0.6) is 0 Å². The molecule has 0 spiro atoms. The Labute approximate surface area is 95.5 Å². The molecule has 0 aliphatic rings. The first-order chi connectivity index (χ1) is 7.61. The standard InChI is InChI=1S/C10H20N2O4/c1-3-5-8(9(13)15-4-2)12-6-7-16-10(11)14/h8,12H,3-7H2,1-2H3,(H2,11,14). The molecule has 0 fully saturated rings. The van der Waals surface area contributed by atoms with Gasteiger partial charge in [-0.25, -0.2) is 4.79 Å². The van der Waals surface area contributed by atoms with E-state index in [4.69, 9.17) is 10.5 Å². The lowest BCUT2D eigenvalue weighted by atomic mass is 10.1. The number of carbonyl (C=O) groups excluding carboxylic acids is 2. The molecule has 16 heavy (non-hydrogen) atoms. The van der Waals surface area contributed by atoms with Gasteiger partial charge in [-0.1, -0.05) is 13.3 Å². The molecule has 0 aliphatic heterocycles. The average Bonchev–Trinajstić information content (AvgIpc) is 2.22. The molecule has 6 heteroatoms. The van der Waals surface area contributed by atoms with Gasteiger partial charge in [-0.3, -0.25) is 4.79 Å². The SMILES string of the molecule is CCCC(NCCOC(N)=O)C(=O)OCC. The molecule has 0 aromatic carbocycles. The van der Waals surface area contributed by atoms with Gasteiger partial charge in [0.1, 0.15) is 12.6 Å². The van der Waals surface area contributed by atoms with Crippen LogP contribution in [0.2, 0.25) is 0 Å². The molecule has 1 atom stereocenters. The van der Waals surface area contributed by atoms with Gasteiger partial charge in [0.2, 0.25) is 0 Å². The van der Waals surface area contributed by atoms with Crippen LogP contribution in [0.25, 0.3) is 0 Å². The fourth-order valence-corrected chi connectivity index (χ4v) is 1.22. The monoisotopic (exact) mass is 232 g/mol. The number of hydrogen-bond acceptors (Lipinski definition) is 5. The number of nitrogens with one attached hydrogen (secondary N) is 1. The Bertz CT molecular complexity index is 221. The number of carbonyl (C=O) groups is 2. The Morgan fingerprint density at radius 1 is 1.31 bits per heavy atom. The maximum atomic E-state index is 11.4. The van der Waals surface area contributed by atoms with Crippen LogP contribution in [0.4, 0.5) is 4.79 Å². The lowest BCUT2D eigenvalue weighted by Crippen LogP contribution is -2.40. The van der Waals surface area contributed by atoms with Crippen molar-refractivity contribution >= 4 is 12.1 Å². The van der Waals surface area contributed by atoms with Gasteiger partial charge in [0.15, 0.2) is 0 Å². The van der Waals surface area contributed by atoms with E-state index in [-0.39, 0.29) is 18.6 Å². The maximum absolute atomic E-state index is 11.4. The molecule has 0 aromatic heterocycles. The van der Waals surface area contributed by atoms with Crippen LogP contribution in [0, 0.1) is 0 Å². The van der Waals surface area contributed by atoms with Crippen molar-refractivity contribution in [2.45, 2.75) is 32.7 Å². The van der Waals surface area contributed by atoms with Crippen molar-refractivity contribution in [1.82, 2.24) is 5.32 Å². The number of nitrogens with two attached hydrogens (primary N) is 1. The molecule has 0 saturated heterocycles. The normalized spacial score (nSPS) is 11.9. The quantitative estimate of drug-likeness (QED) is 0.467. The summed E-state index contributed by atoms with van der Waals surface area (Å²) >= 11 is 0. The van der Waals surface area contributed by atoms with Crippen LogP contribution >= 0.6 is 0 Å². The molecule has 1 amide bonds. The molecule has 0 saturated carbocycles. The summed E-state index contributed by atoms with van der Waals surface area (Å²) in [5, 5.41) is 2.95. The third-order valence-electron chi connectivity index (χ3n) is 1.89. The van der Waals surface area contributed by atoms with Gasteiger partial charge in [0, 0.05) is 6.54 Å². The van der Waals surface area contributed by atoms with Crippen LogP contribution in [-0.2, 0) is 14.3 Å². The number of hydrogen-bond donors (Lipinski definition) is 2. The first-order valence-electron chi connectivity index (χ1n) is 5.44. The van der Waals surface area contributed by atoms with E-state index < -0.39 is 6.09 Å². The van der Waals surface area contributed by atoms with Gasteiger partial charge in [-0.05, 0) is 13.3 Å². The van der Waals surface area contributed by atoms with E-state index >= 15 is 0 Å². The van der Waals surface area contributed by atoms with Gasteiger partial charge >= 0.3 is 12.1 Å². The zero-order valence-corrected chi connectivity index (χ0v) is 9.82. The van der Waals surface area contributed by atoms with Gasteiger partial charge in [0.25, 0.3) is 0 Å². The molecule has 94 valence electrons. The van der Waals surface area contributed by atoms with Gasteiger partial charge in [0.05, 0.1) is 6.61 Å². The summed E-state index contributed by atoms with van der Waals surface area (Å²) in [6, 6.07) is -0.346. The second-order valence-corrected chi connectivity index (χ2v) is 3.21. The maximum Gasteiger partial charge on any atom is 0.404 e. The van der Waals surface area contributed by atoms with Crippen molar-refractivity contribution in [3.05, 3.63) is 0 Å². The number of amides is 1. The van der Waals surface area contributed by atoms with E-state index in [2.05, 4.69) is 10.1 Å². The molecule has 0 rings (SSSR count). The Kier molecular flexibility index (Phi) is 8.24. The van der Waals surface area contributed by atoms with Gasteiger partial charge in [-0.15, -0.1) is 0 Å². The minimum Gasteiger partial charge on any atom is -0.465 e. The summed E-state index contributed by atoms with van der Waals surface area (Å²) in [5.74, 6) is -0.275. The van der Waals surface area contributed by atoms with Gasteiger partial charge in [-0.2, -0.15) is 0 Å². The number of rotatable bonds is 8. The predicted molar refractivity (Wildman–Crippen MR) is 58.9 cm³/mol. The summed E-state index contributed by atoms with van der Waals surface area (Å²) in [7, 11) is 0. The summed E-state index contributed by atoms with van der Waals surface area (Å²) < 4.78 is 9.44. The van der Waals surface area contributed by atoms with Crippen LogP contribution in [0.3, 0.4) is 0 Å². The fraction of sp³-hybridized carbons (Fsp3) is 0.800. The van der Waals surface area contributed by atoms with Crippen LogP contribution < -0.4 is 11.1 Å². The van der Waals surface area contributed by atoms with E-state index in [1.165, 1.54) is 0 Å². The molecular formula is C10H20N2O4. The molecule has 0 heterocycles. The Hall–Kier alpha value is -1.30. The van der Waals surface area contributed by atoms with E-state index in [9.17, 15) is 9.59 Å². The highest BCUT2D eigenvalue weighted by molar-refractivity contribution is 5.75. The van der Waals surface area contributed by atoms with Crippen LogP contribution in [0.15, 0.2) is 0 Å². The topological polar surface area (TPSA) is 90.6 Å². The minimum absolute atomic E-state index is 0.148. The summed E-state index contributed by atoms with van der Waals surface area (Å²) in [6.45, 7) is 4.63. The lowest BCUT2D eigenvalue weighted by Gasteiger charge is -2.16. The average molecular weight is 232 g/mol. The zero-order chi connectivity index (χ0) is 12.4. The molecular weight excluding hydrogens is 212 g/mol. The van der Waals surface area contributed by atoms with Gasteiger partial charge < -0.3 is 20.5 Å². The van der Waals surface area contributed by atoms with E-state index in [0.29, 0.717) is 19.6 Å². The summed E-state index contributed by atoms with van der Waals surface area (Å²) in [6.07, 6.45) is 0.743. The third kappa shape index (κ3) is 7.05. The molecule has 6 nitrogen and oxygen atoms in total. The number of ether oxygens (including phenoxy) is 2. The smallest absolute Gasteiger partial charge is 0.404 e. The Morgan fingerprint density at radius 3 is 2.50 bits per heavy atom. The minimum atomic E-state index is -0.815. The highest BCUT2D eigenvalue weighted by Crippen LogP contribution is 1.99. The van der Waals surface area contributed by atoms with E-state index in [1.807, 2.05) is 6.92 Å². The summed E-state index contributed by atoms with van der Waals surface area (Å²) in [4.78, 5) is 21.7. The van der Waals surface area contributed by atoms with Crippen molar-refractivity contribution in [1.29, 1.82) is 0 Å². The summed E-state index contributed by atoms with van der Waals surface area (Å²) in [5.41, 5.74) is 4.79. The molecule has 0 aliphatic carbocycles. The molecule has 0 bridgehead atoms. The second-order valence-electron chi connectivity index (χ2n) is 3.21. The van der Waals surface area contributed by atoms with Crippen LogP contribution in [-0.4, -0.2) is 37.9 Å². The van der Waals surface area contributed by atoms with Crippen molar-refractivity contribution in [2.75, 3.05) is 19.8 Å². The van der Waals surface area contributed by atoms with Crippen molar-refractivity contribution < 1.29 is 19.1 Å². The lowest BCUT2D eigenvalue weighted by molar-refractivity contribution is -0.145. The third-order valence-corrected chi connectivity index (χ3v) is 1.89. The molecule has 0 aromatic rings. The van der Waals surface area contributed by atoms with Crippen molar-refractivity contribution in [3.63, 3.8) is 0 Å². The predicted octanol–water partition coefficient (Wildman–Crippen LogP) is 0.403. The van der Waals surface area contributed by atoms with E-state index in [0.717, 1.165) is 6.42 Å². The number of esters is 1. The van der Waals surface area contributed by atoms with Crippen molar-refractivity contribution in [3.8, 4) is 0 Å². The Balaban J connectivity index is 3.84. The first kappa shape index (κ1) is 14.7.